The molecular weight excluding hydrogens is 304 g/mol. The van der Waals surface area contributed by atoms with Gasteiger partial charge in [-0.15, -0.1) is 0 Å². The molecule has 2 aromatic rings. The van der Waals surface area contributed by atoms with Crippen LogP contribution < -0.4 is 15.0 Å². The number of benzene rings is 2. The van der Waals surface area contributed by atoms with E-state index in [1.54, 1.807) is 38.1 Å². The summed E-state index contributed by atoms with van der Waals surface area (Å²) in [6.07, 6.45) is 0. The van der Waals surface area contributed by atoms with Gasteiger partial charge in [-0.05, 0) is 69.2 Å². The molecule has 5 heteroatoms. The lowest BCUT2D eigenvalue weighted by atomic mass is 10.1. The van der Waals surface area contributed by atoms with Gasteiger partial charge < -0.3 is 10.1 Å². The average molecular weight is 324 g/mol. The van der Waals surface area contributed by atoms with Crippen LogP contribution in [0.4, 0.5) is 10.5 Å². The highest BCUT2D eigenvalue weighted by Gasteiger charge is 2.44. The molecule has 124 valence electrons. The van der Waals surface area contributed by atoms with Crippen molar-refractivity contribution in [3.63, 3.8) is 0 Å². The summed E-state index contributed by atoms with van der Waals surface area (Å²) in [4.78, 5) is 25.5. The first-order chi connectivity index (χ1) is 11.3. The van der Waals surface area contributed by atoms with Crippen molar-refractivity contribution < 1.29 is 14.3 Å². The van der Waals surface area contributed by atoms with E-state index in [4.69, 9.17) is 4.74 Å². The summed E-state index contributed by atoms with van der Waals surface area (Å²) >= 11 is 0. The Morgan fingerprint density at radius 3 is 2.25 bits per heavy atom. The number of nitrogens with one attached hydrogen (secondary N) is 1. The fourth-order valence-corrected chi connectivity index (χ4v) is 2.61. The SMILES string of the molecule is Cc1cccc(Oc2ccc(N3C(=O)NC(C)(C)C3=O)cc2)c1C. The number of carbonyl (C=O) groups is 2. The van der Waals surface area contributed by atoms with Gasteiger partial charge in [0.1, 0.15) is 17.0 Å². The van der Waals surface area contributed by atoms with Crippen molar-refractivity contribution in [2.45, 2.75) is 33.2 Å². The smallest absolute Gasteiger partial charge is 0.329 e. The number of ether oxygens (including phenoxy) is 1. The Kier molecular flexibility index (Phi) is 3.79. The molecule has 24 heavy (non-hydrogen) atoms. The summed E-state index contributed by atoms with van der Waals surface area (Å²) in [5.41, 5.74) is 1.88. The fraction of sp³-hybridized carbons (Fsp3) is 0.263. The molecule has 0 unspecified atom stereocenters. The number of hydrogen-bond donors (Lipinski definition) is 1. The highest BCUT2D eigenvalue weighted by atomic mass is 16.5. The second kappa shape index (κ2) is 5.67. The third kappa shape index (κ3) is 2.73. The van der Waals surface area contributed by atoms with Crippen molar-refractivity contribution in [2.24, 2.45) is 0 Å². The zero-order chi connectivity index (χ0) is 17.5. The van der Waals surface area contributed by atoms with Gasteiger partial charge in [0.2, 0.25) is 0 Å². The maximum absolute atomic E-state index is 12.3. The number of carbonyl (C=O) groups excluding carboxylic acids is 2. The number of hydrogen-bond acceptors (Lipinski definition) is 3. The van der Waals surface area contributed by atoms with Gasteiger partial charge >= 0.3 is 6.03 Å². The maximum atomic E-state index is 12.3. The molecule has 3 amide bonds. The molecule has 0 atom stereocenters. The lowest BCUT2D eigenvalue weighted by Gasteiger charge is -2.16. The molecule has 0 aromatic heterocycles. The number of rotatable bonds is 3. The van der Waals surface area contributed by atoms with Crippen LogP contribution >= 0.6 is 0 Å². The van der Waals surface area contributed by atoms with Crippen molar-refractivity contribution in [2.75, 3.05) is 4.90 Å². The van der Waals surface area contributed by atoms with E-state index in [2.05, 4.69) is 5.32 Å². The Bertz CT molecular complexity index is 810. The van der Waals surface area contributed by atoms with E-state index < -0.39 is 11.6 Å². The van der Waals surface area contributed by atoms with Gasteiger partial charge in [0.05, 0.1) is 5.69 Å². The molecule has 0 spiro atoms. The van der Waals surface area contributed by atoms with E-state index >= 15 is 0 Å². The highest BCUT2D eigenvalue weighted by molar-refractivity contribution is 6.23. The fourth-order valence-electron chi connectivity index (χ4n) is 2.61. The first-order valence-corrected chi connectivity index (χ1v) is 7.80. The summed E-state index contributed by atoms with van der Waals surface area (Å²) in [5, 5.41) is 2.67. The Morgan fingerprint density at radius 1 is 1.00 bits per heavy atom. The predicted molar refractivity (Wildman–Crippen MR) is 92.5 cm³/mol. The zero-order valence-electron chi connectivity index (χ0n) is 14.2. The highest BCUT2D eigenvalue weighted by Crippen LogP contribution is 2.30. The lowest BCUT2D eigenvalue weighted by molar-refractivity contribution is -0.121. The predicted octanol–water partition coefficient (Wildman–Crippen LogP) is 3.93. The van der Waals surface area contributed by atoms with Gasteiger partial charge in [0.25, 0.3) is 5.91 Å². The molecule has 1 N–H and O–H groups in total. The average Bonchev–Trinajstić information content (AvgIpc) is 2.73. The summed E-state index contributed by atoms with van der Waals surface area (Å²) < 4.78 is 5.90. The molecule has 0 bridgehead atoms. The van der Waals surface area contributed by atoms with E-state index in [9.17, 15) is 9.59 Å². The van der Waals surface area contributed by atoms with Crippen LogP contribution in [0.15, 0.2) is 42.5 Å². The standard InChI is InChI=1S/C19H20N2O3/c1-12-6-5-7-16(13(12)2)24-15-10-8-14(9-11-15)21-17(22)19(3,4)20-18(21)23/h5-11H,1-4H3,(H,20,23). The van der Waals surface area contributed by atoms with E-state index in [1.807, 2.05) is 32.0 Å². The Labute approximate surface area is 141 Å². The van der Waals surface area contributed by atoms with Crippen LogP contribution in [0.1, 0.15) is 25.0 Å². The van der Waals surface area contributed by atoms with Gasteiger partial charge in [-0.2, -0.15) is 0 Å². The molecule has 5 nitrogen and oxygen atoms in total. The minimum Gasteiger partial charge on any atom is -0.457 e. The number of nitrogens with zero attached hydrogens (tertiary/aromatic N) is 1. The molecule has 2 aromatic carbocycles. The van der Waals surface area contributed by atoms with Gasteiger partial charge in [0.15, 0.2) is 0 Å². The Morgan fingerprint density at radius 2 is 1.67 bits per heavy atom. The normalized spacial score (nSPS) is 16.2. The number of imide groups is 1. The number of amides is 3. The van der Waals surface area contributed by atoms with Crippen LogP contribution in [0.2, 0.25) is 0 Å². The number of aryl methyl sites for hydroxylation is 1. The second-order valence-corrected chi connectivity index (χ2v) is 6.49. The van der Waals surface area contributed by atoms with Gasteiger partial charge in [0, 0.05) is 0 Å². The summed E-state index contributed by atoms with van der Waals surface area (Å²) in [6, 6.07) is 12.4. The molecule has 1 aliphatic heterocycles. The van der Waals surface area contributed by atoms with Crippen LogP contribution in [0.25, 0.3) is 0 Å². The molecule has 1 saturated heterocycles. The quantitative estimate of drug-likeness (QED) is 0.870. The first kappa shape index (κ1) is 16.1. The summed E-state index contributed by atoms with van der Waals surface area (Å²) in [5.74, 6) is 1.17. The van der Waals surface area contributed by atoms with E-state index in [0.717, 1.165) is 21.8 Å². The van der Waals surface area contributed by atoms with Crippen molar-refractivity contribution in [3.05, 3.63) is 53.6 Å². The molecule has 3 rings (SSSR count). The van der Waals surface area contributed by atoms with Gasteiger partial charge in [-0.1, -0.05) is 12.1 Å². The largest absolute Gasteiger partial charge is 0.457 e. The van der Waals surface area contributed by atoms with E-state index in [1.165, 1.54) is 0 Å². The molecule has 1 heterocycles. The summed E-state index contributed by atoms with van der Waals surface area (Å²) in [6.45, 7) is 7.41. The van der Waals surface area contributed by atoms with Crippen molar-refractivity contribution >= 4 is 17.6 Å². The maximum Gasteiger partial charge on any atom is 0.329 e. The third-order valence-corrected chi connectivity index (χ3v) is 4.24. The molecule has 0 saturated carbocycles. The van der Waals surface area contributed by atoms with Crippen LogP contribution in [-0.4, -0.2) is 17.5 Å². The molecule has 0 aliphatic carbocycles. The number of anilines is 1. The molecule has 0 radical (unpaired) electrons. The minimum atomic E-state index is -0.884. The molecule has 1 fully saturated rings. The molecule has 1 aliphatic rings. The first-order valence-electron chi connectivity index (χ1n) is 7.80. The topological polar surface area (TPSA) is 58.6 Å². The second-order valence-electron chi connectivity index (χ2n) is 6.49. The lowest BCUT2D eigenvalue weighted by Crippen LogP contribution is -2.40. The zero-order valence-corrected chi connectivity index (χ0v) is 14.2. The number of urea groups is 1. The minimum absolute atomic E-state index is 0.268. The van der Waals surface area contributed by atoms with Crippen molar-refractivity contribution in [3.8, 4) is 11.5 Å². The van der Waals surface area contributed by atoms with Gasteiger partial charge in [-0.25, -0.2) is 9.69 Å². The Hall–Kier alpha value is -2.82. The van der Waals surface area contributed by atoms with Crippen molar-refractivity contribution in [1.29, 1.82) is 0 Å². The summed E-state index contributed by atoms with van der Waals surface area (Å²) in [7, 11) is 0. The van der Waals surface area contributed by atoms with E-state index in [0.29, 0.717) is 11.4 Å². The van der Waals surface area contributed by atoms with E-state index in [-0.39, 0.29) is 5.91 Å². The Balaban J connectivity index is 1.83. The van der Waals surface area contributed by atoms with Crippen molar-refractivity contribution in [1.82, 2.24) is 5.32 Å². The molecular formula is C19H20N2O3. The van der Waals surface area contributed by atoms with Crippen LogP contribution in [0, 0.1) is 13.8 Å². The monoisotopic (exact) mass is 324 g/mol. The van der Waals surface area contributed by atoms with Crippen LogP contribution in [0.3, 0.4) is 0 Å². The third-order valence-electron chi connectivity index (χ3n) is 4.24. The van der Waals surface area contributed by atoms with Crippen LogP contribution in [-0.2, 0) is 4.79 Å². The van der Waals surface area contributed by atoms with Crippen LogP contribution in [0.5, 0.6) is 11.5 Å². The van der Waals surface area contributed by atoms with Gasteiger partial charge in [-0.3, -0.25) is 4.79 Å².